The Balaban J connectivity index is 2.40. The number of likely N-dealkylation sites (N-methyl/N-ethyl adjacent to an activating group) is 1. The smallest absolute Gasteiger partial charge is 0.246 e. The van der Waals surface area contributed by atoms with Crippen molar-refractivity contribution in [1.29, 1.82) is 0 Å². The van der Waals surface area contributed by atoms with Gasteiger partial charge in [-0.1, -0.05) is 30.3 Å². The third-order valence-electron chi connectivity index (χ3n) is 3.89. The van der Waals surface area contributed by atoms with Crippen LogP contribution in [0.25, 0.3) is 0 Å². The fourth-order valence-corrected chi connectivity index (χ4v) is 3.16. The average Bonchev–Trinajstić information content (AvgIpc) is 2.82. The van der Waals surface area contributed by atoms with Crippen LogP contribution in [0.15, 0.2) is 30.3 Å². The highest BCUT2D eigenvalue weighted by molar-refractivity contribution is 5.92. The highest BCUT2D eigenvalue weighted by atomic mass is 16.2. The number of rotatable bonds is 3. The SMILES string of the molecule is CNC(=O)[C@]1(NC(C)=O)CCC[C@@H]1c1ccccc1. The standard InChI is InChI=1S/C15H20N2O2/c1-11(18)17-15(14(19)16-2)10-6-9-13(15)12-7-4-3-5-8-12/h3-5,7-8,13H,6,9-10H2,1-2H3,(H,16,19)(H,17,18)/t13-,15+/m1/s1. The van der Waals surface area contributed by atoms with E-state index in [1.165, 1.54) is 6.92 Å². The molecule has 0 spiro atoms. The molecule has 2 rings (SSSR count). The molecule has 4 heteroatoms. The molecule has 0 saturated heterocycles. The Hall–Kier alpha value is -1.84. The Bertz CT molecular complexity index is 472. The predicted octanol–water partition coefficient (Wildman–Crippen LogP) is 1.57. The molecule has 0 bridgehead atoms. The minimum absolute atomic E-state index is 0.0394. The van der Waals surface area contributed by atoms with Crippen molar-refractivity contribution < 1.29 is 9.59 Å². The summed E-state index contributed by atoms with van der Waals surface area (Å²) in [5, 5.41) is 5.60. The van der Waals surface area contributed by atoms with E-state index >= 15 is 0 Å². The van der Waals surface area contributed by atoms with Gasteiger partial charge in [-0.25, -0.2) is 0 Å². The summed E-state index contributed by atoms with van der Waals surface area (Å²) in [6, 6.07) is 9.94. The molecule has 0 aromatic heterocycles. The number of carbonyl (C=O) groups is 2. The highest BCUT2D eigenvalue weighted by Crippen LogP contribution is 2.43. The van der Waals surface area contributed by atoms with Crippen LogP contribution in [0.1, 0.15) is 37.7 Å². The van der Waals surface area contributed by atoms with Crippen LogP contribution in [-0.4, -0.2) is 24.4 Å². The number of benzene rings is 1. The molecule has 2 N–H and O–H groups in total. The molecule has 0 radical (unpaired) electrons. The minimum Gasteiger partial charge on any atom is -0.357 e. The molecule has 0 unspecified atom stereocenters. The zero-order valence-electron chi connectivity index (χ0n) is 11.4. The van der Waals surface area contributed by atoms with Gasteiger partial charge in [0.15, 0.2) is 0 Å². The quantitative estimate of drug-likeness (QED) is 0.866. The Morgan fingerprint density at radius 1 is 1.26 bits per heavy atom. The minimum atomic E-state index is -0.804. The molecule has 1 aliphatic rings. The van der Waals surface area contributed by atoms with Gasteiger partial charge < -0.3 is 10.6 Å². The topological polar surface area (TPSA) is 58.2 Å². The molecular weight excluding hydrogens is 240 g/mol. The lowest BCUT2D eigenvalue weighted by Gasteiger charge is -2.34. The molecule has 4 nitrogen and oxygen atoms in total. The third kappa shape index (κ3) is 2.48. The Morgan fingerprint density at radius 3 is 2.53 bits per heavy atom. The second-order valence-corrected chi connectivity index (χ2v) is 5.09. The van der Waals surface area contributed by atoms with Crippen LogP contribution in [0.4, 0.5) is 0 Å². The number of nitrogens with one attached hydrogen (secondary N) is 2. The monoisotopic (exact) mass is 260 g/mol. The van der Waals surface area contributed by atoms with Gasteiger partial charge in [-0.15, -0.1) is 0 Å². The lowest BCUT2D eigenvalue weighted by atomic mass is 9.81. The average molecular weight is 260 g/mol. The van der Waals surface area contributed by atoms with Crippen molar-refractivity contribution >= 4 is 11.8 Å². The Labute approximate surface area is 113 Å². The van der Waals surface area contributed by atoms with Crippen LogP contribution < -0.4 is 10.6 Å². The predicted molar refractivity (Wildman–Crippen MR) is 73.6 cm³/mol. The molecule has 0 heterocycles. The summed E-state index contributed by atoms with van der Waals surface area (Å²) >= 11 is 0. The van der Waals surface area contributed by atoms with Gasteiger partial charge in [0.1, 0.15) is 5.54 Å². The number of carbonyl (C=O) groups excluding carboxylic acids is 2. The van der Waals surface area contributed by atoms with Gasteiger partial charge in [-0.05, 0) is 24.8 Å². The van der Waals surface area contributed by atoms with Crippen molar-refractivity contribution in [2.24, 2.45) is 0 Å². The fourth-order valence-electron chi connectivity index (χ4n) is 3.16. The van der Waals surface area contributed by atoms with Crippen molar-refractivity contribution in [3.63, 3.8) is 0 Å². The van der Waals surface area contributed by atoms with E-state index in [4.69, 9.17) is 0 Å². The second kappa shape index (κ2) is 5.43. The van der Waals surface area contributed by atoms with E-state index in [9.17, 15) is 9.59 Å². The summed E-state index contributed by atoms with van der Waals surface area (Å²) in [6.45, 7) is 1.46. The highest BCUT2D eigenvalue weighted by Gasteiger charge is 2.49. The molecule has 2 amide bonds. The molecule has 1 fully saturated rings. The van der Waals surface area contributed by atoms with Crippen molar-refractivity contribution in [1.82, 2.24) is 10.6 Å². The summed E-state index contributed by atoms with van der Waals surface area (Å²) in [6.07, 6.45) is 2.54. The molecule has 102 valence electrons. The number of hydrogen-bond donors (Lipinski definition) is 2. The van der Waals surface area contributed by atoms with E-state index < -0.39 is 5.54 Å². The lowest BCUT2D eigenvalue weighted by molar-refractivity contribution is -0.133. The molecule has 1 saturated carbocycles. The Morgan fingerprint density at radius 2 is 1.95 bits per heavy atom. The molecular formula is C15H20N2O2. The maximum atomic E-state index is 12.3. The van der Waals surface area contributed by atoms with Gasteiger partial charge in [0.05, 0.1) is 0 Å². The number of hydrogen-bond acceptors (Lipinski definition) is 2. The van der Waals surface area contributed by atoms with Gasteiger partial charge in [-0.3, -0.25) is 9.59 Å². The van der Waals surface area contributed by atoms with Gasteiger partial charge in [0.25, 0.3) is 0 Å². The van der Waals surface area contributed by atoms with Crippen molar-refractivity contribution in [3.8, 4) is 0 Å². The maximum absolute atomic E-state index is 12.3. The van der Waals surface area contributed by atoms with E-state index in [1.807, 2.05) is 30.3 Å². The van der Waals surface area contributed by atoms with Gasteiger partial charge in [0.2, 0.25) is 11.8 Å². The second-order valence-electron chi connectivity index (χ2n) is 5.09. The zero-order valence-corrected chi connectivity index (χ0v) is 11.4. The zero-order chi connectivity index (χ0) is 13.9. The summed E-state index contributed by atoms with van der Waals surface area (Å²) in [5.41, 5.74) is 0.305. The first-order chi connectivity index (χ1) is 9.10. The van der Waals surface area contributed by atoms with Crippen LogP contribution in [0, 0.1) is 0 Å². The van der Waals surface area contributed by atoms with Crippen LogP contribution >= 0.6 is 0 Å². The first-order valence-electron chi connectivity index (χ1n) is 6.66. The van der Waals surface area contributed by atoms with E-state index in [1.54, 1.807) is 7.05 Å². The summed E-state index contributed by atoms with van der Waals surface area (Å²) in [7, 11) is 1.62. The summed E-state index contributed by atoms with van der Waals surface area (Å²) in [4.78, 5) is 23.8. The van der Waals surface area contributed by atoms with Crippen LogP contribution in [-0.2, 0) is 9.59 Å². The largest absolute Gasteiger partial charge is 0.357 e. The molecule has 19 heavy (non-hydrogen) atoms. The molecule has 1 aromatic carbocycles. The fraction of sp³-hybridized carbons (Fsp3) is 0.467. The van der Waals surface area contributed by atoms with Crippen molar-refractivity contribution in [2.45, 2.75) is 37.6 Å². The summed E-state index contributed by atoms with van der Waals surface area (Å²) in [5.74, 6) is -0.224. The van der Waals surface area contributed by atoms with Gasteiger partial charge in [-0.2, -0.15) is 0 Å². The maximum Gasteiger partial charge on any atom is 0.246 e. The third-order valence-corrected chi connectivity index (χ3v) is 3.89. The molecule has 1 aromatic rings. The van der Waals surface area contributed by atoms with E-state index in [-0.39, 0.29) is 17.7 Å². The van der Waals surface area contributed by atoms with E-state index in [0.717, 1.165) is 18.4 Å². The molecule has 0 aliphatic heterocycles. The lowest BCUT2D eigenvalue weighted by Crippen LogP contribution is -2.59. The van der Waals surface area contributed by atoms with Crippen molar-refractivity contribution in [2.75, 3.05) is 7.05 Å². The molecule has 1 aliphatic carbocycles. The number of amides is 2. The van der Waals surface area contributed by atoms with Gasteiger partial charge >= 0.3 is 0 Å². The first kappa shape index (κ1) is 13.6. The van der Waals surface area contributed by atoms with Crippen LogP contribution in [0.3, 0.4) is 0 Å². The Kier molecular flexibility index (Phi) is 3.88. The molecule has 2 atom stereocenters. The van der Waals surface area contributed by atoms with Gasteiger partial charge in [0, 0.05) is 19.9 Å². The summed E-state index contributed by atoms with van der Waals surface area (Å²) < 4.78 is 0. The normalized spacial score (nSPS) is 25.9. The van der Waals surface area contributed by atoms with Crippen LogP contribution in [0.5, 0.6) is 0 Å². The van der Waals surface area contributed by atoms with Crippen LogP contribution in [0.2, 0.25) is 0 Å². The van der Waals surface area contributed by atoms with Crippen molar-refractivity contribution in [3.05, 3.63) is 35.9 Å². The van der Waals surface area contributed by atoms with E-state index in [0.29, 0.717) is 6.42 Å². The van der Waals surface area contributed by atoms with E-state index in [2.05, 4.69) is 10.6 Å². The first-order valence-corrected chi connectivity index (χ1v) is 6.66.